The fraction of sp³-hybridized carbons (Fsp3) is 1.00. The Morgan fingerprint density at radius 2 is 2.10 bits per heavy atom. The molecule has 2 heteroatoms. The van der Waals surface area contributed by atoms with E-state index < -0.39 is 0 Å². The summed E-state index contributed by atoms with van der Waals surface area (Å²) in [6.07, 6.45) is 1.23. The standard InChI is InChI=1S/C8H18N2/c1-8(2)4-5-10(3)6-7(8)9/h7H,4-6,9H2,1-3H3. The second-order valence-corrected chi connectivity index (χ2v) is 4.11. The van der Waals surface area contributed by atoms with Gasteiger partial charge in [-0.1, -0.05) is 13.8 Å². The van der Waals surface area contributed by atoms with Gasteiger partial charge in [-0.15, -0.1) is 0 Å². The van der Waals surface area contributed by atoms with E-state index in [0.717, 1.165) is 6.54 Å². The lowest BCUT2D eigenvalue weighted by Crippen LogP contribution is -2.51. The molecule has 1 unspecified atom stereocenters. The second kappa shape index (κ2) is 2.51. The first-order valence-corrected chi connectivity index (χ1v) is 3.96. The molecule has 60 valence electrons. The van der Waals surface area contributed by atoms with Gasteiger partial charge in [0.05, 0.1) is 0 Å². The largest absolute Gasteiger partial charge is 0.326 e. The Kier molecular flexibility index (Phi) is 2.02. The third-order valence-electron chi connectivity index (χ3n) is 2.65. The number of piperidine rings is 1. The first kappa shape index (κ1) is 8.02. The topological polar surface area (TPSA) is 29.3 Å². The average molecular weight is 142 g/mol. The predicted octanol–water partition coefficient (Wildman–Crippen LogP) is 0.675. The van der Waals surface area contributed by atoms with Gasteiger partial charge in [-0.05, 0) is 25.4 Å². The summed E-state index contributed by atoms with van der Waals surface area (Å²) in [6.45, 7) is 6.75. The van der Waals surface area contributed by atoms with Crippen molar-refractivity contribution in [3.05, 3.63) is 0 Å². The lowest BCUT2D eigenvalue weighted by Gasteiger charge is -2.40. The molecular weight excluding hydrogens is 124 g/mol. The number of likely N-dealkylation sites (tertiary alicyclic amines) is 1. The summed E-state index contributed by atoms with van der Waals surface area (Å²) < 4.78 is 0. The molecule has 1 heterocycles. The van der Waals surface area contributed by atoms with Gasteiger partial charge in [0.2, 0.25) is 0 Å². The molecule has 0 aromatic heterocycles. The van der Waals surface area contributed by atoms with Crippen LogP contribution in [0.25, 0.3) is 0 Å². The molecule has 2 nitrogen and oxygen atoms in total. The normalized spacial score (nSPS) is 34.2. The number of rotatable bonds is 0. The van der Waals surface area contributed by atoms with Crippen LogP contribution in [-0.4, -0.2) is 31.1 Å². The molecule has 1 saturated heterocycles. The summed E-state index contributed by atoms with van der Waals surface area (Å²) in [7, 11) is 2.13. The number of likely N-dealkylation sites (N-methyl/N-ethyl adjacent to an activating group) is 1. The van der Waals surface area contributed by atoms with Crippen molar-refractivity contribution in [2.75, 3.05) is 20.1 Å². The van der Waals surface area contributed by atoms with Gasteiger partial charge >= 0.3 is 0 Å². The Bertz CT molecular complexity index is 120. The molecule has 10 heavy (non-hydrogen) atoms. The lowest BCUT2D eigenvalue weighted by molar-refractivity contribution is 0.126. The molecule has 0 aromatic carbocycles. The number of hydrogen-bond donors (Lipinski definition) is 1. The van der Waals surface area contributed by atoms with Gasteiger partial charge in [-0.2, -0.15) is 0 Å². The molecule has 2 N–H and O–H groups in total. The van der Waals surface area contributed by atoms with Crippen LogP contribution in [0.3, 0.4) is 0 Å². The Labute approximate surface area is 63.4 Å². The smallest absolute Gasteiger partial charge is 0.0220 e. The molecule has 1 aliphatic rings. The van der Waals surface area contributed by atoms with Crippen molar-refractivity contribution in [2.24, 2.45) is 11.1 Å². The summed E-state index contributed by atoms with van der Waals surface area (Å²) in [6, 6.07) is 0.353. The molecule has 1 aliphatic heterocycles. The van der Waals surface area contributed by atoms with E-state index in [1.165, 1.54) is 13.0 Å². The van der Waals surface area contributed by atoms with Crippen LogP contribution in [0.1, 0.15) is 20.3 Å². The monoisotopic (exact) mass is 142 g/mol. The van der Waals surface area contributed by atoms with E-state index in [-0.39, 0.29) is 0 Å². The second-order valence-electron chi connectivity index (χ2n) is 4.11. The number of nitrogens with two attached hydrogens (primary N) is 1. The predicted molar refractivity (Wildman–Crippen MR) is 43.9 cm³/mol. The van der Waals surface area contributed by atoms with E-state index in [9.17, 15) is 0 Å². The van der Waals surface area contributed by atoms with Crippen LogP contribution in [-0.2, 0) is 0 Å². The minimum atomic E-state index is 0.353. The maximum absolute atomic E-state index is 5.96. The highest BCUT2D eigenvalue weighted by Gasteiger charge is 2.31. The summed E-state index contributed by atoms with van der Waals surface area (Å²) in [5, 5.41) is 0. The summed E-state index contributed by atoms with van der Waals surface area (Å²) in [5.41, 5.74) is 6.31. The van der Waals surface area contributed by atoms with E-state index in [1.807, 2.05) is 0 Å². The average Bonchev–Trinajstić information content (AvgIpc) is 1.81. The van der Waals surface area contributed by atoms with Crippen molar-refractivity contribution in [1.29, 1.82) is 0 Å². The zero-order chi connectivity index (χ0) is 7.78. The molecule has 0 aliphatic carbocycles. The molecule has 0 amide bonds. The zero-order valence-corrected chi connectivity index (χ0v) is 7.22. The molecule has 0 radical (unpaired) electrons. The van der Waals surface area contributed by atoms with Gasteiger partial charge in [0.25, 0.3) is 0 Å². The van der Waals surface area contributed by atoms with Crippen LogP contribution in [0.2, 0.25) is 0 Å². The van der Waals surface area contributed by atoms with Crippen molar-refractivity contribution in [3.63, 3.8) is 0 Å². The molecular formula is C8H18N2. The molecule has 0 aromatic rings. The third-order valence-corrected chi connectivity index (χ3v) is 2.65. The van der Waals surface area contributed by atoms with Crippen LogP contribution < -0.4 is 5.73 Å². The Balaban J connectivity index is 2.52. The number of hydrogen-bond acceptors (Lipinski definition) is 2. The van der Waals surface area contributed by atoms with Crippen LogP contribution in [0.15, 0.2) is 0 Å². The van der Waals surface area contributed by atoms with Gasteiger partial charge < -0.3 is 10.6 Å². The molecule has 0 saturated carbocycles. The van der Waals surface area contributed by atoms with E-state index >= 15 is 0 Å². The molecule has 1 rings (SSSR count). The van der Waals surface area contributed by atoms with E-state index in [4.69, 9.17) is 5.73 Å². The Morgan fingerprint density at radius 3 is 2.50 bits per heavy atom. The van der Waals surface area contributed by atoms with Crippen LogP contribution in [0, 0.1) is 5.41 Å². The van der Waals surface area contributed by atoms with E-state index in [0.29, 0.717) is 11.5 Å². The third kappa shape index (κ3) is 1.50. The Morgan fingerprint density at radius 1 is 1.50 bits per heavy atom. The highest BCUT2D eigenvalue weighted by atomic mass is 15.1. The van der Waals surface area contributed by atoms with Crippen molar-refractivity contribution in [3.8, 4) is 0 Å². The maximum atomic E-state index is 5.96. The van der Waals surface area contributed by atoms with Gasteiger partial charge in [0.1, 0.15) is 0 Å². The fourth-order valence-corrected chi connectivity index (χ4v) is 1.34. The quantitative estimate of drug-likeness (QED) is 0.539. The van der Waals surface area contributed by atoms with Crippen LogP contribution in [0.4, 0.5) is 0 Å². The van der Waals surface area contributed by atoms with Crippen molar-refractivity contribution in [1.82, 2.24) is 4.90 Å². The fourth-order valence-electron chi connectivity index (χ4n) is 1.34. The van der Waals surface area contributed by atoms with Gasteiger partial charge in [-0.25, -0.2) is 0 Å². The molecule has 1 fully saturated rings. The van der Waals surface area contributed by atoms with Crippen molar-refractivity contribution in [2.45, 2.75) is 26.3 Å². The van der Waals surface area contributed by atoms with E-state index in [1.54, 1.807) is 0 Å². The zero-order valence-electron chi connectivity index (χ0n) is 7.22. The van der Waals surface area contributed by atoms with E-state index in [2.05, 4.69) is 25.8 Å². The molecule has 0 bridgehead atoms. The van der Waals surface area contributed by atoms with Crippen molar-refractivity contribution >= 4 is 0 Å². The van der Waals surface area contributed by atoms with Gasteiger partial charge in [-0.3, -0.25) is 0 Å². The maximum Gasteiger partial charge on any atom is 0.0220 e. The minimum Gasteiger partial charge on any atom is -0.326 e. The molecule has 0 spiro atoms. The van der Waals surface area contributed by atoms with Crippen LogP contribution >= 0.6 is 0 Å². The SMILES string of the molecule is CN1CCC(C)(C)C(N)C1. The number of nitrogens with zero attached hydrogens (tertiary/aromatic N) is 1. The Hall–Kier alpha value is -0.0800. The summed E-state index contributed by atoms with van der Waals surface area (Å²) >= 11 is 0. The highest BCUT2D eigenvalue weighted by molar-refractivity contribution is 4.88. The first-order chi connectivity index (χ1) is 4.52. The summed E-state index contributed by atoms with van der Waals surface area (Å²) in [4.78, 5) is 2.30. The molecule has 1 atom stereocenters. The summed E-state index contributed by atoms with van der Waals surface area (Å²) in [5.74, 6) is 0. The lowest BCUT2D eigenvalue weighted by atomic mass is 9.79. The van der Waals surface area contributed by atoms with Gasteiger partial charge in [0.15, 0.2) is 0 Å². The minimum absolute atomic E-state index is 0.353. The van der Waals surface area contributed by atoms with Crippen LogP contribution in [0.5, 0.6) is 0 Å². The van der Waals surface area contributed by atoms with Gasteiger partial charge in [0, 0.05) is 12.6 Å². The highest BCUT2D eigenvalue weighted by Crippen LogP contribution is 2.27. The van der Waals surface area contributed by atoms with Crippen molar-refractivity contribution < 1.29 is 0 Å². The first-order valence-electron chi connectivity index (χ1n) is 3.96.